The lowest BCUT2D eigenvalue weighted by Gasteiger charge is -2.34. The van der Waals surface area contributed by atoms with Crippen LogP contribution in [-0.2, 0) is 14.3 Å². The quantitative estimate of drug-likeness (QED) is 0.797. The van der Waals surface area contributed by atoms with Crippen LogP contribution in [0.2, 0.25) is 0 Å². The fourth-order valence-corrected chi connectivity index (χ4v) is 3.23. The van der Waals surface area contributed by atoms with Gasteiger partial charge in [-0.1, -0.05) is 25.7 Å². The van der Waals surface area contributed by atoms with Crippen LogP contribution in [0.25, 0.3) is 0 Å². The molecule has 1 amide bonds. The van der Waals surface area contributed by atoms with Crippen LogP contribution in [0.15, 0.2) is 0 Å². The van der Waals surface area contributed by atoms with E-state index in [2.05, 4.69) is 0 Å². The number of ether oxygens (including phenoxy) is 1. The summed E-state index contributed by atoms with van der Waals surface area (Å²) in [7, 11) is 0. The number of carboxylic acid groups (broad SMARTS) is 1. The van der Waals surface area contributed by atoms with E-state index in [1.54, 1.807) is 4.90 Å². The Kier molecular flexibility index (Phi) is 5.18. The number of hydrogen-bond acceptors (Lipinski definition) is 4. The second-order valence-electron chi connectivity index (χ2n) is 6.00. The first kappa shape index (κ1) is 15.8. The largest absolute Gasteiger partial charge is 0.481 e. The molecule has 1 N–H and O–H groups in total. The van der Waals surface area contributed by atoms with E-state index in [-0.39, 0.29) is 18.9 Å². The van der Waals surface area contributed by atoms with Gasteiger partial charge in [0.2, 0.25) is 5.91 Å². The number of carbonyl (C=O) groups excluding carboxylic acids is 1. The van der Waals surface area contributed by atoms with Crippen LogP contribution in [0.5, 0.6) is 0 Å². The Bertz CT molecular complexity index is 435. The van der Waals surface area contributed by atoms with E-state index in [0.717, 1.165) is 25.7 Å². The van der Waals surface area contributed by atoms with Crippen LogP contribution >= 0.6 is 0 Å². The number of nitrogens with zero attached hydrogens (tertiary/aromatic N) is 2. The molecular weight excluding hydrogens is 272 g/mol. The molecule has 0 aromatic carbocycles. The van der Waals surface area contributed by atoms with Crippen molar-refractivity contribution in [1.82, 2.24) is 4.90 Å². The van der Waals surface area contributed by atoms with Crippen molar-refractivity contribution in [2.24, 2.45) is 5.41 Å². The smallest absolute Gasteiger partial charge is 0.310 e. The summed E-state index contributed by atoms with van der Waals surface area (Å²) < 4.78 is 5.22. The van der Waals surface area contributed by atoms with Gasteiger partial charge in [0.1, 0.15) is 0 Å². The maximum Gasteiger partial charge on any atom is 0.310 e. The molecule has 2 aliphatic rings. The molecule has 6 nitrogen and oxygen atoms in total. The molecule has 1 unspecified atom stereocenters. The summed E-state index contributed by atoms with van der Waals surface area (Å²) in [5.41, 5.74) is -0.923. The van der Waals surface area contributed by atoms with Crippen molar-refractivity contribution >= 4 is 11.9 Å². The van der Waals surface area contributed by atoms with Gasteiger partial charge in [-0.3, -0.25) is 9.59 Å². The molecule has 1 aliphatic heterocycles. The molecule has 1 heterocycles. The van der Waals surface area contributed by atoms with Crippen LogP contribution in [0, 0.1) is 16.7 Å². The number of amides is 1. The molecule has 21 heavy (non-hydrogen) atoms. The van der Waals surface area contributed by atoms with Gasteiger partial charge in [-0.2, -0.15) is 5.26 Å². The number of nitriles is 1. The summed E-state index contributed by atoms with van der Waals surface area (Å²) in [5, 5.41) is 18.5. The zero-order valence-corrected chi connectivity index (χ0v) is 12.2. The second kappa shape index (κ2) is 6.90. The molecule has 0 bridgehead atoms. The normalized spacial score (nSPS) is 25.7. The second-order valence-corrected chi connectivity index (χ2v) is 6.00. The lowest BCUT2D eigenvalue weighted by atomic mass is 9.77. The molecule has 1 saturated carbocycles. The Hall–Kier alpha value is -1.61. The van der Waals surface area contributed by atoms with Crippen molar-refractivity contribution in [3.8, 4) is 6.07 Å². The van der Waals surface area contributed by atoms with E-state index in [4.69, 9.17) is 10.00 Å². The van der Waals surface area contributed by atoms with E-state index in [9.17, 15) is 14.7 Å². The van der Waals surface area contributed by atoms with Gasteiger partial charge < -0.3 is 14.7 Å². The van der Waals surface area contributed by atoms with Gasteiger partial charge in [-0.05, 0) is 12.8 Å². The lowest BCUT2D eigenvalue weighted by molar-refractivity contribution is -0.156. The van der Waals surface area contributed by atoms with E-state index >= 15 is 0 Å². The van der Waals surface area contributed by atoms with Crippen molar-refractivity contribution in [2.45, 2.75) is 51.0 Å². The molecule has 0 aromatic rings. The number of carboxylic acids is 1. The van der Waals surface area contributed by atoms with Crippen molar-refractivity contribution in [2.75, 3.05) is 19.7 Å². The van der Waals surface area contributed by atoms with E-state index in [1.165, 1.54) is 0 Å². The summed E-state index contributed by atoms with van der Waals surface area (Å²) in [4.78, 5) is 25.7. The minimum Gasteiger partial charge on any atom is -0.481 e. The molecule has 2 fully saturated rings. The minimum atomic E-state index is -0.923. The molecule has 1 aliphatic carbocycles. The first-order chi connectivity index (χ1) is 10.1. The maximum absolute atomic E-state index is 12.4. The zero-order valence-electron chi connectivity index (χ0n) is 12.2. The number of aliphatic carboxylic acids is 1. The van der Waals surface area contributed by atoms with Crippen LogP contribution in [-0.4, -0.2) is 47.7 Å². The summed E-state index contributed by atoms with van der Waals surface area (Å²) >= 11 is 0. The molecule has 6 heteroatoms. The predicted octanol–water partition coefficient (Wildman–Crippen LogP) is 1.55. The summed E-state index contributed by atoms with van der Waals surface area (Å²) in [5.74, 6) is -1.02. The molecule has 1 atom stereocenters. The summed E-state index contributed by atoms with van der Waals surface area (Å²) in [6.07, 6.45) is 4.39. The van der Waals surface area contributed by atoms with Gasteiger partial charge in [0.25, 0.3) is 0 Å². The van der Waals surface area contributed by atoms with Gasteiger partial charge in [0, 0.05) is 13.0 Å². The molecular formula is C15H22N2O4. The zero-order chi connectivity index (χ0) is 15.3. The van der Waals surface area contributed by atoms with Crippen LogP contribution in [0.4, 0.5) is 0 Å². The van der Waals surface area contributed by atoms with Gasteiger partial charge >= 0.3 is 5.97 Å². The van der Waals surface area contributed by atoms with E-state index < -0.39 is 17.5 Å². The van der Waals surface area contributed by atoms with Gasteiger partial charge in [0.05, 0.1) is 24.6 Å². The molecule has 2 rings (SSSR count). The number of carbonyl (C=O) groups is 2. The topological polar surface area (TPSA) is 90.6 Å². The standard InChI is InChI=1S/C15H22N2O4/c16-10-12-11-17(7-8-21-12)13(18)9-15(14(19)20)5-3-1-2-4-6-15/h12H,1-9,11H2,(H,19,20). The van der Waals surface area contributed by atoms with Gasteiger partial charge in [-0.25, -0.2) is 0 Å². The average molecular weight is 294 g/mol. The predicted molar refractivity (Wildman–Crippen MR) is 74.3 cm³/mol. The number of morpholine rings is 1. The Labute approximate surface area is 124 Å². The summed E-state index contributed by atoms with van der Waals surface area (Å²) in [6.45, 7) is 1.02. The molecule has 1 saturated heterocycles. The Morgan fingerprint density at radius 2 is 1.95 bits per heavy atom. The number of hydrogen-bond donors (Lipinski definition) is 1. The highest BCUT2D eigenvalue weighted by molar-refractivity contribution is 5.85. The Morgan fingerprint density at radius 1 is 1.29 bits per heavy atom. The van der Waals surface area contributed by atoms with Crippen molar-refractivity contribution in [3.63, 3.8) is 0 Å². The van der Waals surface area contributed by atoms with Crippen LogP contribution in [0.3, 0.4) is 0 Å². The highest BCUT2D eigenvalue weighted by Gasteiger charge is 2.42. The molecule has 0 radical (unpaired) electrons. The Balaban J connectivity index is 2.04. The first-order valence-electron chi connectivity index (χ1n) is 7.60. The van der Waals surface area contributed by atoms with Crippen molar-refractivity contribution in [1.29, 1.82) is 5.26 Å². The third-order valence-corrected chi connectivity index (χ3v) is 4.57. The maximum atomic E-state index is 12.4. The lowest BCUT2D eigenvalue weighted by Crippen LogP contribution is -2.47. The monoisotopic (exact) mass is 294 g/mol. The third-order valence-electron chi connectivity index (χ3n) is 4.57. The van der Waals surface area contributed by atoms with Crippen LogP contribution < -0.4 is 0 Å². The van der Waals surface area contributed by atoms with Crippen LogP contribution in [0.1, 0.15) is 44.9 Å². The van der Waals surface area contributed by atoms with Gasteiger partial charge in [0.15, 0.2) is 6.10 Å². The van der Waals surface area contributed by atoms with E-state index in [0.29, 0.717) is 26.0 Å². The SMILES string of the molecule is N#CC1CN(C(=O)CC2(C(=O)O)CCCCCC2)CCO1. The summed E-state index contributed by atoms with van der Waals surface area (Å²) in [6, 6.07) is 2.00. The van der Waals surface area contributed by atoms with E-state index in [1.807, 2.05) is 6.07 Å². The Morgan fingerprint density at radius 3 is 2.52 bits per heavy atom. The first-order valence-corrected chi connectivity index (χ1v) is 7.60. The molecule has 116 valence electrons. The third kappa shape index (κ3) is 3.73. The highest BCUT2D eigenvalue weighted by atomic mass is 16.5. The minimum absolute atomic E-state index is 0.0421. The number of rotatable bonds is 3. The fourth-order valence-electron chi connectivity index (χ4n) is 3.23. The fraction of sp³-hybridized carbons (Fsp3) is 0.800. The average Bonchev–Trinajstić information content (AvgIpc) is 2.74. The molecule has 0 spiro atoms. The highest BCUT2D eigenvalue weighted by Crippen LogP contribution is 2.39. The molecule has 0 aromatic heterocycles. The van der Waals surface area contributed by atoms with Crippen molar-refractivity contribution < 1.29 is 19.4 Å². The van der Waals surface area contributed by atoms with Gasteiger partial charge in [-0.15, -0.1) is 0 Å². The van der Waals surface area contributed by atoms with Crippen molar-refractivity contribution in [3.05, 3.63) is 0 Å².